The Morgan fingerprint density at radius 2 is 2.16 bits per heavy atom. The predicted octanol–water partition coefficient (Wildman–Crippen LogP) is 4.05. The normalized spacial score (nSPS) is 29.7. The molecule has 2 aromatic rings. The summed E-state index contributed by atoms with van der Waals surface area (Å²) in [5, 5.41) is 1.14. The number of rotatable bonds is 5. The SMILES string of the molecule is CC[C@H]1CN2CC[C@@H]1C[C@@H]2[C@@H](OC)c1ccnc2ccc(OC)cc12. The lowest BCUT2D eigenvalue weighted by molar-refractivity contribution is -0.0698. The Bertz CT molecular complexity index is 748. The Morgan fingerprint density at radius 1 is 1.28 bits per heavy atom. The van der Waals surface area contributed by atoms with Crippen molar-refractivity contribution >= 4 is 10.9 Å². The van der Waals surface area contributed by atoms with E-state index in [9.17, 15) is 0 Å². The highest BCUT2D eigenvalue weighted by molar-refractivity contribution is 5.84. The van der Waals surface area contributed by atoms with E-state index >= 15 is 0 Å². The molecule has 3 fully saturated rings. The Labute approximate surface area is 150 Å². The monoisotopic (exact) mass is 340 g/mol. The maximum absolute atomic E-state index is 6.07. The zero-order valence-corrected chi connectivity index (χ0v) is 15.4. The summed E-state index contributed by atoms with van der Waals surface area (Å²) < 4.78 is 11.5. The maximum atomic E-state index is 6.07. The molecule has 0 N–H and O–H groups in total. The number of pyridine rings is 1. The Hall–Kier alpha value is -1.65. The Kier molecular flexibility index (Phi) is 4.65. The largest absolute Gasteiger partial charge is 0.497 e. The zero-order chi connectivity index (χ0) is 17.4. The fourth-order valence-electron chi connectivity index (χ4n) is 4.97. The molecule has 4 heterocycles. The molecule has 2 bridgehead atoms. The molecular formula is C21H28N2O2. The lowest BCUT2D eigenvalue weighted by Crippen LogP contribution is -2.55. The fraction of sp³-hybridized carbons (Fsp3) is 0.571. The molecule has 3 saturated heterocycles. The minimum atomic E-state index is 0.0817. The van der Waals surface area contributed by atoms with Gasteiger partial charge in [0.25, 0.3) is 0 Å². The van der Waals surface area contributed by atoms with Crippen LogP contribution in [-0.2, 0) is 4.74 Å². The fourth-order valence-corrected chi connectivity index (χ4v) is 4.97. The lowest BCUT2D eigenvalue weighted by atomic mass is 9.72. The highest BCUT2D eigenvalue weighted by atomic mass is 16.5. The van der Waals surface area contributed by atoms with E-state index in [1.165, 1.54) is 37.9 Å². The van der Waals surface area contributed by atoms with Gasteiger partial charge in [-0.25, -0.2) is 0 Å². The average molecular weight is 340 g/mol. The number of aromatic nitrogens is 1. The van der Waals surface area contributed by atoms with Gasteiger partial charge in [0.1, 0.15) is 5.75 Å². The van der Waals surface area contributed by atoms with Gasteiger partial charge in [-0.3, -0.25) is 9.88 Å². The quantitative estimate of drug-likeness (QED) is 0.822. The average Bonchev–Trinajstić information content (AvgIpc) is 2.68. The number of methoxy groups -OCH3 is 2. The summed E-state index contributed by atoms with van der Waals surface area (Å²) in [5.74, 6) is 2.57. The molecule has 0 radical (unpaired) electrons. The lowest BCUT2D eigenvalue weighted by Gasteiger charge is -2.52. The van der Waals surface area contributed by atoms with Crippen LogP contribution in [0.5, 0.6) is 5.75 Å². The zero-order valence-electron chi connectivity index (χ0n) is 15.4. The summed E-state index contributed by atoms with van der Waals surface area (Å²) in [6, 6.07) is 8.68. The molecule has 1 aromatic carbocycles. The molecule has 1 aromatic heterocycles. The van der Waals surface area contributed by atoms with Crippen molar-refractivity contribution in [3.63, 3.8) is 0 Å². The van der Waals surface area contributed by atoms with Crippen LogP contribution in [0.4, 0.5) is 0 Å². The Morgan fingerprint density at radius 3 is 2.84 bits per heavy atom. The van der Waals surface area contributed by atoms with Gasteiger partial charge in [0.15, 0.2) is 0 Å². The van der Waals surface area contributed by atoms with Gasteiger partial charge >= 0.3 is 0 Å². The second kappa shape index (κ2) is 6.93. The first-order valence-corrected chi connectivity index (χ1v) is 9.44. The summed E-state index contributed by atoms with van der Waals surface area (Å²) in [5.41, 5.74) is 2.24. The molecule has 0 amide bonds. The van der Waals surface area contributed by atoms with E-state index in [1.54, 1.807) is 7.11 Å². The second-order valence-electron chi connectivity index (χ2n) is 7.45. The third-order valence-corrected chi connectivity index (χ3v) is 6.35. The molecule has 4 heteroatoms. The van der Waals surface area contributed by atoms with Crippen molar-refractivity contribution in [1.29, 1.82) is 0 Å². The number of fused-ring (bicyclic) bond motifs is 4. The summed E-state index contributed by atoms with van der Waals surface area (Å²) in [4.78, 5) is 7.19. The van der Waals surface area contributed by atoms with E-state index in [1.807, 2.05) is 25.4 Å². The van der Waals surface area contributed by atoms with Crippen LogP contribution in [0.15, 0.2) is 30.5 Å². The molecule has 25 heavy (non-hydrogen) atoms. The van der Waals surface area contributed by atoms with Gasteiger partial charge in [-0.15, -0.1) is 0 Å². The summed E-state index contributed by atoms with van der Waals surface area (Å²) in [6.07, 6.45) is 5.86. The predicted molar refractivity (Wildman–Crippen MR) is 99.9 cm³/mol. The minimum absolute atomic E-state index is 0.0817. The first-order chi connectivity index (χ1) is 12.2. The van der Waals surface area contributed by atoms with E-state index in [2.05, 4.69) is 28.9 Å². The van der Waals surface area contributed by atoms with Gasteiger partial charge in [-0.1, -0.05) is 13.3 Å². The van der Waals surface area contributed by atoms with Crippen molar-refractivity contribution in [1.82, 2.24) is 9.88 Å². The number of benzene rings is 1. The van der Waals surface area contributed by atoms with Crippen LogP contribution in [0.2, 0.25) is 0 Å². The number of hydrogen-bond acceptors (Lipinski definition) is 4. The molecule has 3 aliphatic heterocycles. The highest BCUT2D eigenvalue weighted by Crippen LogP contribution is 2.43. The van der Waals surface area contributed by atoms with Crippen LogP contribution in [0, 0.1) is 11.8 Å². The second-order valence-corrected chi connectivity index (χ2v) is 7.45. The van der Waals surface area contributed by atoms with Crippen molar-refractivity contribution in [3.05, 3.63) is 36.0 Å². The Balaban J connectivity index is 1.71. The van der Waals surface area contributed by atoms with E-state index < -0.39 is 0 Å². The van der Waals surface area contributed by atoms with Crippen LogP contribution >= 0.6 is 0 Å². The van der Waals surface area contributed by atoms with Crippen LogP contribution in [0.1, 0.15) is 37.9 Å². The number of hydrogen-bond donors (Lipinski definition) is 0. The molecule has 5 atom stereocenters. The van der Waals surface area contributed by atoms with E-state index in [4.69, 9.17) is 9.47 Å². The minimum Gasteiger partial charge on any atom is -0.497 e. The van der Waals surface area contributed by atoms with Crippen LogP contribution in [0.3, 0.4) is 0 Å². The number of piperidine rings is 3. The van der Waals surface area contributed by atoms with Gasteiger partial charge in [0.05, 0.1) is 18.7 Å². The standard InChI is InChI=1S/C21H28N2O2/c1-4-14-13-23-10-8-15(14)11-20(23)21(25-3)17-7-9-22-19-6-5-16(24-2)12-18(17)19/h5-7,9,12,14-15,20-21H,4,8,10-11,13H2,1-3H3/t14-,15+,20+,21-/m0/s1. The molecule has 0 aliphatic carbocycles. The van der Waals surface area contributed by atoms with Crippen molar-refractivity contribution in [2.24, 2.45) is 11.8 Å². The molecule has 0 spiro atoms. The van der Waals surface area contributed by atoms with Crippen molar-refractivity contribution in [2.45, 2.75) is 38.3 Å². The van der Waals surface area contributed by atoms with E-state index in [-0.39, 0.29) is 6.10 Å². The molecule has 1 unspecified atom stereocenters. The molecule has 3 aliphatic rings. The molecule has 134 valence electrons. The summed E-state index contributed by atoms with van der Waals surface area (Å²) in [6.45, 7) is 4.76. The smallest absolute Gasteiger partial charge is 0.119 e. The van der Waals surface area contributed by atoms with E-state index in [0.717, 1.165) is 28.5 Å². The summed E-state index contributed by atoms with van der Waals surface area (Å²) in [7, 11) is 3.56. The van der Waals surface area contributed by atoms with Gasteiger partial charge in [0, 0.05) is 31.3 Å². The molecule has 0 saturated carbocycles. The van der Waals surface area contributed by atoms with Crippen LogP contribution in [0.25, 0.3) is 10.9 Å². The van der Waals surface area contributed by atoms with Gasteiger partial charge in [-0.05, 0) is 61.1 Å². The number of nitrogens with zero attached hydrogens (tertiary/aromatic N) is 2. The van der Waals surface area contributed by atoms with E-state index in [0.29, 0.717) is 6.04 Å². The third kappa shape index (κ3) is 2.91. The molecule has 5 rings (SSSR count). The first kappa shape index (κ1) is 16.8. The number of ether oxygens (including phenoxy) is 2. The van der Waals surface area contributed by atoms with Crippen LogP contribution < -0.4 is 4.74 Å². The van der Waals surface area contributed by atoms with Gasteiger partial charge in [-0.2, -0.15) is 0 Å². The molecule has 4 nitrogen and oxygen atoms in total. The van der Waals surface area contributed by atoms with Crippen LogP contribution in [-0.4, -0.2) is 43.2 Å². The van der Waals surface area contributed by atoms with Gasteiger partial charge in [0.2, 0.25) is 0 Å². The third-order valence-electron chi connectivity index (χ3n) is 6.35. The first-order valence-electron chi connectivity index (χ1n) is 9.44. The molecular weight excluding hydrogens is 312 g/mol. The van der Waals surface area contributed by atoms with Crippen molar-refractivity contribution in [2.75, 3.05) is 27.3 Å². The summed E-state index contributed by atoms with van der Waals surface area (Å²) >= 11 is 0. The van der Waals surface area contributed by atoms with Gasteiger partial charge < -0.3 is 9.47 Å². The topological polar surface area (TPSA) is 34.6 Å². The van der Waals surface area contributed by atoms with Crippen molar-refractivity contribution in [3.8, 4) is 5.75 Å². The highest BCUT2D eigenvalue weighted by Gasteiger charge is 2.43. The maximum Gasteiger partial charge on any atom is 0.119 e. The van der Waals surface area contributed by atoms with Crippen molar-refractivity contribution < 1.29 is 9.47 Å².